The molecule has 1 saturated heterocycles. The van der Waals surface area contributed by atoms with Crippen molar-refractivity contribution in [2.45, 2.75) is 51.4 Å². The van der Waals surface area contributed by atoms with Gasteiger partial charge in [-0.3, -0.25) is 4.79 Å². The molecule has 0 atom stereocenters. The number of nitrogens with zero attached hydrogens (tertiary/aromatic N) is 1. The van der Waals surface area contributed by atoms with Crippen LogP contribution in [0, 0.1) is 5.41 Å². The Morgan fingerprint density at radius 1 is 1.19 bits per heavy atom. The number of amides is 1. The van der Waals surface area contributed by atoms with Gasteiger partial charge in [0.05, 0.1) is 0 Å². The Bertz CT molecular complexity index is 248. The van der Waals surface area contributed by atoms with Crippen LogP contribution >= 0.6 is 0 Å². The van der Waals surface area contributed by atoms with Crippen LogP contribution in [0.4, 0.5) is 0 Å². The fraction of sp³-hybridized carbons (Fsp3) is 0.923. The smallest absolute Gasteiger partial charge is 0.222 e. The van der Waals surface area contributed by atoms with Gasteiger partial charge >= 0.3 is 0 Å². The van der Waals surface area contributed by atoms with Crippen molar-refractivity contribution in [3.05, 3.63) is 0 Å². The van der Waals surface area contributed by atoms with Crippen molar-refractivity contribution >= 4 is 5.91 Å². The van der Waals surface area contributed by atoms with E-state index in [0.29, 0.717) is 11.3 Å². The molecule has 0 aromatic heterocycles. The molecule has 1 aliphatic heterocycles. The highest BCUT2D eigenvalue weighted by molar-refractivity contribution is 5.76. The van der Waals surface area contributed by atoms with E-state index in [2.05, 4.69) is 4.90 Å². The van der Waals surface area contributed by atoms with E-state index in [9.17, 15) is 4.79 Å². The number of hydrogen-bond donors (Lipinski definition) is 1. The molecule has 92 valence electrons. The van der Waals surface area contributed by atoms with Crippen LogP contribution in [-0.2, 0) is 4.79 Å². The summed E-state index contributed by atoms with van der Waals surface area (Å²) >= 11 is 0. The van der Waals surface area contributed by atoms with Crippen LogP contribution in [0.15, 0.2) is 0 Å². The third kappa shape index (κ3) is 2.97. The van der Waals surface area contributed by atoms with Crippen LogP contribution in [0.3, 0.4) is 0 Å². The lowest BCUT2D eigenvalue weighted by atomic mass is 10.00. The van der Waals surface area contributed by atoms with Crippen LogP contribution in [0.25, 0.3) is 0 Å². The number of likely N-dealkylation sites (tertiary alicyclic amines) is 1. The first-order valence-electron chi connectivity index (χ1n) is 6.74. The maximum absolute atomic E-state index is 12.0. The summed E-state index contributed by atoms with van der Waals surface area (Å²) < 4.78 is 0. The zero-order valence-electron chi connectivity index (χ0n) is 10.2. The average Bonchev–Trinajstić information content (AvgIpc) is 2.99. The van der Waals surface area contributed by atoms with Gasteiger partial charge in [0.25, 0.3) is 0 Å². The van der Waals surface area contributed by atoms with Crippen LogP contribution < -0.4 is 5.73 Å². The normalized spacial score (nSPS) is 25.1. The van der Waals surface area contributed by atoms with Gasteiger partial charge in [-0.05, 0) is 44.1 Å². The van der Waals surface area contributed by atoms with E-state index in [0.717, 1.165) is 38.9 Å². The lowest BCUT2D eigenvalue weighted by molar-refractivity contribution is -0.132. The molecule has 2 N–H and O–H groups in total. The maximum Gasteiger partial charge on any atom is 0.222 e. The van der Waals surface area contributed by atoms with Gasteiger partial charge in [-0.15, -0.1) is 0 Å². The Labute approximate surface area is 98.4 Å². The Morgan fingerprint density at radius 2 is 1.94 bits per heavy atom. The van der Waals surface area contributed by atoms with Crippen molar-refractivity contribution in [1.29, 1.82) is 0 Å². The summed E-state index contributed by atoms with van der Waals surface area (Å²) in [6, 6.07) is 0. The zero-order valence-corrected chi connectivity index (χ0v) is 10.2. The second-order valence-corrected chi connectivity index (χ2v) is 5.52. The summed E-state index contributed by atoms with van der Waals surface area (Å²) in [5, 5.41) is 0. The summed E-state index contributed by atoms with van der Waals surface area (Å²) in [6.45, 7) is 2.72. The highest BCUT2D eigenvalue weighted by atomic mass is 16.2. The third-order valence-electron chi connectivity index (χ3n) is 4.08. The lowest BCUT2D eigenvalue weighted by Crippen LogP contribution is -2.38. The Balaban J connectivity index is 1.88. The van der Waals surface area contributed by atoms with E-state index in [4.69, 9.17) is 5.73 Å². The van der Waals surface area contributed by atoms with E-state index in [1.807, 2.05) is 0 Å². The van der Waals surface area contributed by atoms with Crippen LogP contribution in [0.1, 0.15) is 51.4 Å². The molecule has 0 unspecified atom stereocenters. The van der Waals surface area contributed by atoms with Gasteiger partial charge in [0.15, 0.2) is 0 Å². The summed E-state index contributed by atoms with van der Waals surface area (Å²) in [5.74, 6) is 0.378. The predicted octanol–water partition coefficient (Wildman–Crippen LogP) is 1.91. The first-order chi connectivity index (χ1) is 7.76. The quantitative estimate of drug-likeness (QED) is 0.793. The number of hydrogen-bond acceptors (Lipinski definition) is 2. The van der Waals surface area contributed by atoms with Gasteiger partial charge in [-0.1, -0.05) is 12.8 Å². The molecule has 3 heteroatoms. The summed E-state index contributed by atoms with van der Waals surface area (Å²) in [6.07, 6.45) is 9.18. The van der Waals surface area contributed by atoms with Gasteiger partial charge in [0.1, 0.15) is 0 Å². The van der Waals surface area contributed by atoms with E-state index in [1.165, 1.54) is 32.1 Å². The van der Waals surface area contributed by atoms with Crippen molar-refractivity contribution in [3.63, 3.8) is 0 Å². The van der Waals surface area contributed by atoms with Crippen molar-refractivity contribution in [1.82, 2.24) is 4.90 Å². The third-order valence-corrected chi connectivity index (χ3v) is 4.08. The molecule has 2 aliphatic rings. The van der Waals surface area contributed by atoms with E-state index in [-0.39, 0.29) is 0 Å². The van der Waals surface area contributed by atoms with Crippen molar-refractivity contribution in [2.24, 2.45) is 11.1 Å². The minimum absolute atomic E-state index is 0.378. The van der Waals surface area contributed by atoms with Crippen molar-refractivity contribution in [3.8, 4) is 0 Å². The van der Waals surface area contributed by atoms with Crippen LogP contribution in [-0.4, -0.2) is 30.4 Å². The molecule has 1 heterocycles. The highest BCUT2D eigenvalue weighted by Gasteiger charge is 2.43. The van der Waals surface area contributed by atoms with Crippen molar-refractivity contribution < 1.29 is 4.79 Å². The molecule has 0 aromatic rings. The predicted molar refractivity (Wildman–Crippen MR) is 65.0 cm³/mol. The topological polar surface area (TPSA) is 46.3 Å². The minimum atomic E-state index is 0.378. The molecular weight excluding hydrogens is 200 g/mol. The van der Waals surface area contributed by atoms with Crippen LogP contribution in [0.5, 0.6) is 0 Å². The number of nitrogens with two attached hydrogens (primary N) is 1. The number of carbonyl (C=O) groups is 1. The molecule has 1 aliphatic carbocycles. The average molecular weight is 224 g/mol. The Hall–Kier alpha value is -0.570. The molecule has 2 rings (SSSR count). The molecule has 0 spiro atoms. The van der Waals surface area contributed by atoms with E-state index in [1.54, 1.807) is 0 Å². The summed E-state index contributed by atoms with van der Waals surface area (Å²) in [4.78, 5) is 14.1. The molecule has 0 aromatic carbocycles. The minimum Gasteiger partial charge on any atom is -0.342 e. The number of rotatable bonds is 4. The zero-order chi connectivity index (χ0) is 11.4. The van der Waals surface area contributed by atoms with Gasteiger partial charge < -0.3 is 10.6 Å². The Morgan fingerprint density at radius 3 is 2.62 bits per heavy atom. The molecule has 1 saturated carbocycles. The lowest BCUT2D eigenvalue weighted by Gasteiger charge is -2.29. The monoisotopic (exact) mass is 224 g/mol. The molecule has 16 heavy (non-hydrogen) atoms. The molecule has 1 amide bonds. The second-order valence-electron chi connectivity index (χ2n) is 5.52. The fourth-order valence-corrected chi connectivity index (χ4v) is 2.76. The summed E-state index contributed by atoms with van der Waals surface area (Å²) in [5.41, 5.74) is 6.05. The van der Waals surface area contributed by atoms with Gasteiger partial charge in [0.2, 0.25) is 5.91 Å². The molecule has 3 nitrogen and oxygen atoms in total. The first-order valence-corrected chi connectivity index (χ1v) is 6.74. The second kappa shape index (κ2) is 5.17. The SMILES string of the molecule is NCCC1(CN2CCCCCCC2=O)CC1. The maximum atomic E-state index is 12.0. The molecular formula is C13H24N2O. The van der Waals surface area contributed by atoms with Crippen LogP contribution in [0.2, 0.25) is 0 Å². The molecule has 0 bridgehead atoms. The Kier molecular flexibility index (Phi) is 3.85. The van der Waals surface area contributed by atoms with Gasteiger partial charge in [-0.2, -0.15) is 0 Å². The summed E-state index contributed by atoms with van der Waals surface area (Å²) in [7, 11) is 0. The van der Waals surface area contributed by atoms with Gasteiger partial charge in [0, 0.05) is 19.5 Å². The number of carbonyl (C=O) groups excluding carboxylic acids is 1. The van der Waals surface area contributed by atoms with Gasteiger partial charge in [-0.25, -0.2) is 0 Å². The van der Waals surface area contributed by atoms with E-state index >= 15 is 0 Å². The van der Waals surface area contributed by atoms with Crippen molar-refractivity contribution in [2.75, 3.05) is 19.6 Å². The fourth-order valence-electron chi connectivity index (χ4n) is 2.76. The molecule has 0 radical (unpaired) electrons. The largest absolute Gasteiger partial charge is 0.342 e. The standard InChI is InChI=1S/C13H24N2O/c14-9-8-13(6-7-13)11-15-10-4-2-1-3-5-12(15)16/h1-11,14H2. The highest BCUT2D eigenvalue weighted by Crippen LogP contribution is 2.49. The molecule has 2 fully saturated rings. The first kappa shape index (κ1) is 11.9. The van der Waals surface area contributed by atoms with E-state index < -0.39 is 0 Å².